The molecule has 1 heterocycles. The number of halogens is 1. The van der Waals surface area contributed by atoms with Gasteiger partial charge in [-0.25, -0.2) is 0 Å². The molecule has 1 N–H and O–H groups in total. The van der Waals surface area contributed by atoms with Crippen LogP contribution in [-0.4, -0.2) is 36.4 Å². The van der Waals surface area contributed by atoms with Crippen molar-refractivity contribution in [1.82, 2.24) is 4.90 Å². The third-order valence-electron chi connectivity index (χ3n) is 5.00. The molecule has 0 spiro atoms. The summed E-state index contributed by atoms with van der Waals surface area (Å²) in [5, 5.41) is 3.18. The summed E-state index contributed by atoms with van der Waals surface area (Å²) in [5.74, 6) is -0.263. The maximum Gasteiger partial charge on any atom is 0.255 e. The van der Waals surface area contributed by atoms with Crippen LogP contribution in [-0.2, 0) is 16.0 Å². The molecule has 0 saturated heterocycles. The van der Waals surface area contributed by atoms with Crippen LogP contribution >= 0.6 is 11.6 Å². The van der Waals surface area contributed by atoms with E-state index in [0.29, 0.717) is 36.0 Å². The first kappa shape index (κ1) is 20.4. The van der Waals surface area contributed by atoms with Gasteiger partial charge in [0.2, 0.25) is 5.91 Å². The van der Waals surface area contributed by atoms with Crippen molar-refractivity contribution in [1.29, 1.82) is 0 Å². The summed E-state index contributed by atoms with van der Waals surface area (Å²) >= 11 is 6.30. The van der Waals surface area contributed by atoms with E-state index in [-0.39, 0.29) is 24.3 Å². The lowest BCUT2D eigenvalue weighted by molar-refractivity contribution is -0.119. The second-order valence-electron chi connectivity index (χ2n) is 6.73. The number of nitrogens with zero attached hydrogens (tertiary/aromatic N) is 1. The molecule has 6 heteroatoms. The number of rotatable bonds is 6. The Hall–Kier alpha value is -2.37. The summed E-state index contributed by atoms with van der Waals surface area (Å²) in [4.78, 5) is 26.7. The average molecular weight is 401 g/mol. The molecule has 1 unspecified atom stereocenters. The van der Waals surface area contributed by atoms with Crippen molar-refractivity contribution >= 4 is 29.1 Å². The number of hydrogen-bond donors (Lipinski definition) is 1. The van der Waals surface area contributed by atoms with E-state index < -0.39 is 0 Å². The normalized spacial score (nSPS) is 15.6. The molecule has 1 aliphatic heterocycles. The SMILES string of the molecule is CCN(CC)C(=O)c1ccc(NC(=O)CC2OCCc3ccccc32)cc1Cl. The summed E-state index contributed by atoms with van der Waals surface area (Å²) in [6.45, 7) is 5.70. The van der Waals surface area contributed by atoms with Gasteiger partial charge in [0.15, 0.2) is 0 Å². The highest BCUT2D eigenvalue weighted by atomic mass is 35.5. The summed E-state index contributed by atoms with van der Waals surface area (Å²) in [7, 11) is 0. The van der Waals surface area contributed by atoms with E-state index in [1.54, 1.807) is 23.1 Å². The van der Waals surface area contributed by atoms with Crippen LogP contribution in [0.3, 0.4) is 0 Å². The fraction of sp³-hybridized carbons (Fsp3) is 0.364. The van der Waals surface area contributed by atoms with Gasteiger partial charge in [0.1, 0.15) is 0 Å². The fourth-order valence-electron chi connectivity index (χ4n) is 3.47. The molecule has 1 aliphatic rings. The van der Waals surface area contributed by atoms with Gasteiger partial charge in [-0.15, -0.1) is 0 Å². The van der Waals surface area contributed by atoms with Crippen LogP contribution in [0.5, 0.6) is 0 Å². The zero-order chi connectivity index (χ0) is 20.1. The first-order valence-corrected chi connectivity index (χ1v) is 9.99. The highest BCUT2D eigenvalue weighted by molar-refractivity contribution is 6.34. The van der Waals surface area contributed by atoms with E-state index in [1.807, 2.05) is 32.0 Å². The number of carbonyl (C=O) groups excluding carboxylic acids is 2. The monoisotopic (exact) mass is 400 g/mol. The summed E-state index contributed by atoms with van der Waals surface area (Å²) in [5.41, 5.74) is 3.30. The van der Waals surface area contributed by atoms with Crippen molar-refractivity contribution < 1.29 is 14.3 Å². The van der Waals surface area contributed by atoms with Crippen LogP contribution in [0.2, 0.25) is 5.02 Å². The Morgan fingerprint density at radius 3 is 2.64 bits per heavy atom. The summed E-state index contributed by atoms with van der Waals surface area (Å²) in [6, 6.07) is 13.0. The molecule has 2 amide bonds. The molecule has 148 valence electrons. The number of fused-ring (bicyclic) bond motifs is 1. The van der Waals surface area contributed by atoms with Crippen LogP contribution in [0.4, 0.5) is 5.69 Å². The van der Waals surface area contributed by atoms with E-state index >= 15 is 0 Å². The lowest BCUT2D eigenvalue weighted by Gasteiger charge is -2.25. The van der Waals surface area contributed by atoms with Gasteiger partial charge in [0.05, 0.1) is 29.7 Å². The quantitative estimate of drug-likeness (QED) is 0.778. The minimum atomic E-state index is -0.246. The second-order valence-corrected chi connectivity index (χ2v) is 7.14. The van der Waals surface area contributed by atoms with Crippen molar-refractivity contribution in [2.45, 2.75) is 32.8 Å². The highest BCUT2D eigenvalue weighted by Crippen LogP contribution is 2.30. The Labute approximate surface area is 170 Å². The minimum Gasteiger partial charge on any atom is -0.373 e. The van der Waals surface area contributed by atoms with E-state index in [1.165, 1.54) is 5.56 Å². The number of anilines is 1. The third-order valence-corrected chi connectivity index (χ3v) is 5.31. The number of benzene rings is 2. The van der Waals surface area contributed by atoms with Crippen molar-refractivity contribution in [2.75, 3.05) is 25.0 Å². The standard InChI is InChI=1S/C22H25ClN2O3/c1-3-25(4-2)22(27)18-10-9-16(13-19(18)23)24-21(26)14-20-17-8-6-5-7-15(17)11-12-28-20/h5-10,13,20H,3-4,11-12,14H2,1-2H3,(H,24,26). The van der Waals surface area contributed by atoms with Crippen LogP contribution in [0.25, 0.3) is 0 Å². The van der Waals surface area contributed by atoms with Crippen molar-refractivity contribution in [3.63, 3.8) is 0 Å². The second kappa shape index (κ2) is 9.22. The maximum atomic E-state index is 12.5. The molecule has 0 fully saturated rings. The van der Waals surface area contributed by atoms with Gasteiger partial charge < -0.3 is 15.0 Å². The zero-order valence-electron chi connectivity index (χ0n) is 16.2. The van der Waals surface area contributed by atoms with Crippen LogP contribution in [0.15, 0.2) is 42.5 Å². The molecule has 0 saturated carbocycles. The Kier molecular flexibility index (Phi) is 6.70. The first-order valence-electron chi connectivity index (χ1n) is 9.61. The van der Waals surface area contributed by atoms with Gasteiger partial charge in [-0.3, -0.25) is 9.59 Å². The number of nitrogens with one attached hydrogen (secondary N) is 1. The highest BCUT2D eigenvalue weighted by Gasteiger charge is 2.23. The zero-order valence-corrected chi connectivity index (χ0v) is 17.0. The van der Waals surface area contributed by atoms with E-state index in [0.717, 1.165) is 12.0 Å². The number of hydrogen-bond acceptors (Lipinski definition) is 3. The van der Waals surface area contributed by atoms with Gasteiger partial charge in [0.25, 0.3) is 5.91 Å². The molecule has 0 aromatic heterocycles. The molecular weight excluding hydrogens is 376 g/mol. The van der Waals surface area contributed by atoms with Gasteiger partial charge in [0, 0.05) is 18.8 Å². The van der Waals surface area contributed by atoms with Crippen molar-refractivity contribution in [2.24, 2.45) is 0 Å². The van der Waals surface area contributed by atoms with Crippen LogP contribution in [0, 0.1) is 0 Å². The molecular formula is C22H25ClN2O3. The molecule has 1 atom stereocenters. The molecule has 0 radical (unpaired) electrons. The first-order chi connectivity index (χ1) is 13.5. The van der Waals surface area contributed by atoms with E-state index in [9.17, 15) is 9.59 Å². The smallest absolute Gasteiger partial charge is 0.255 e. The van der Waals surface area contributed by atoms with Gasteiger partial charge in [-0.1, -0.05) is 35.9 Å². The lowest BCUT2D eigenvalue weighted by atomic mass is 9.95. The van der Waals surface area contributed by atoms with Crippen LogP contribution < -0.4 is 5.32 Å². The fourth-order valence-corrected chi connectivity index (χ4v) is 3.74. The number of ether oxygens (including phenoxy) is 1. The summed E-state index contributed by atoms with van der Waals surface area (Å²) < 4.78 is 5.80. The van der Waals surface area contributed by atoms with Gasteiger partial charge >= 0.3 is 0 Å². The molecule has 28 heavy (non-hydrogen) atoms. The Bertz CT molecular complexity index is 865. The Morgan fingerprint density at radius 2 is 1.93 bits per heavy atom. The lowest BCUT2D eigenvalue weighted by Crippen LogP contribution is -2.30. The molecule has 2 aromatic carbocycles. The molecule has 2 aromatic rings. The van der Waals surface area contributed by atoms with Crippen LogP contribution in [0.1, 0.15) is 47.9 Å². The molecule has 0 bridgehead atoms. The van der Waals surface area contributed by atoms with Crippen molar-refractivity contribution in [3.8, 4) is 0 Å². The van der Waals surface area contributed by atoms with Crippen molar-refractivity contribution in [3.05, 3.63) is 64.2 Å². The predicted molar refractivity (Wildman–Crippen MR) is 111 cm³/mol. The number of amides is 2. The van der Waals surface area contributed by atoms with Gasteiger partial charge in [-0.2, -0.15) is 0 Å². The summed E-state index contributed by atoms with van der Waals surface area (Å²) in [6.07, 6.45) is 0.852. The topological polar surface area (TPSA) is 58.6 Å². The minimum absolute atomic E-state index is 0.111. The van der Waals surface area contributed by atoms with E-state index in [4.69, 9.17) is 16.3 Å². The predicted octanol–water partition coefficient (Wildman–Crippen LogP) is 4.46. The Balaban J connectivity index is 1.67. The average Bonchev–Trinajstić information content (AvgIpc) is 2.69. The molecule has 5 nitrogen and oxygen atoms in total. The van der Waals surface area contributed by atoms with E-state index in [2.05, 4.69) is 11.4 Å². The molecule has 0 aliphatic carbocycles. The maximum absolute atomic E-state index is 12.5. The van der Waals surface area contributed by atoms with Gasteiger partial charge in [-0.05, 0) is 49.6 Å². The third kappa shape index (κ3) is 4.54. The molecule has 3 rings (SSSR count). The number of carbonyl (C=O) groups is 2. The Morgan fingerprint density at radius 1 is 1.18 bits per heavy atom. The largest absolute Gasteiger partial charge is 0.373 e.